The smallest absolute Gasteiger partial charge is 0.309 e. The van der Waals surface area contributed by atoms with Gasteiger partial charge < -0.3 is 9.47 Å². The van der Waals surface area contributed by atoms with Gasteiger partial charge in [0, 0.05) is 10.8 Å². The molecule has 0 radical (unpaired) electrons. The second kappa shape index (κ2) is 3.58. The molecule has 4 bridgehead atoms. The molecule has 20 heavy (non-hydrogen) atoms. The number of esters is 2. The summed E-state index contributed by atoms with van der Waals surface area (Å²) in [6.07, 6.45) is 5.65. The zero-order valence-electron chi connectivity index (χ0n) is 12.2. The average molecular weight is 278 g/mol. The summed E-state index contributed by atoms with van der Waals surface area (Å²) < 4.78 is 11.7. The van der Waals surface area contributed by atoms with E-state index in [1.807, 2.05) is 0 Å². The minimum atomic E-state index is -1.02. The van der Waals surface area contributed by atoms with Gasteiger partial charge in [-0.15, -0.1) is 0 Å². The number of carbonyl (C=O) groups excluding carboxylic acids is 2. The highest BCUT2D eigenvalue weighted by Gasteiger charge is 2.74. The zero-order chi connectivity index (χ0) is 14.2. The maximum absolute atomic E-state index is 12.1. The third-order valence-electron chi connectivity index (χ3n) is 6.26. The van der Waals surface area contributed by atoms with Gasteiger partial charge in [0.2, 0.25) is 0 Å². The maximum Gasteiger partial charge on any atom is 0.309 e. The summed E-state index contributed by atoms with van der Waals surface area (Å²) in [5.41, 5.74) is -0.414. The lowest BCUT2D eigenvalue weighted by Gasteiger charge is -2.68. The van der Waals surface area contributed by atoms with E-state index in [1.165, 1.54) is 6.42 Å². The van der Waals surface area contributed by atoms with Crippen LogP contribution in [-0.2, 0) is 19.1 Å². The fourth-order valence-electron chi connectivity index (χ4n) is 6.07. The first-order valence-corrected chi connectivity index (χ1v) is 7.80. The lowest BCUT2D eigenvalue weighted by Crippen LogP contribution is -2.71. The Hall–Kier alpha value is -1.06. The van der Waals surface area contributed by atoms with E-state index in [-0.39, 0.29) is 35.6 Å². The molecule has 1 aliphatic heterocycles. The van der Waals surface area contributed by atoms with E-state index in [0.717, 1.165) is 25.7 Å². The first kappa shape index (κ1) is 12.7. The van der Waals surface area contributed by atoms with Crippen molar-refractivity contribution in [3.05, 3.63) is 0 Å². The van der Waals surface area contributed by atoms with Crippen molar-refractivity contribution in [2.45, 2.75) is 64.6 Å². The average Bonchev–Trinajstić information content (AvgIpc) is 2.46. The van der Waals surface area contributed by atoms with Gasteiger partial charge in [-0.25, -0.2) is 0 Å². The molecular weight excluding hydrogens is 256 g/mol. The van der Waals surface area contributed by atoms with E-state index in [1.54, 1.807) is 0 Å². The van der Waals surface area contributed by atoms with Crippen LogP contribution >= 0.6 is 0 Å². The van der Waals surface area contributed by atoms with Crippen LogP contribution in [0.2, 0.25) is 0 Å². The van der Waals surface area contributed by atoms with Gasteiger partial charge in [-0.2, -0.15) is 0 Å². The highest BCUT2D eigenvalue weighted by Crippen LogP contribution is 2.71. The van der Waals surface area contributed by atoms with Crippen LogP contribution in [0.15, 0.2) is 0 Å². The van der Waals surface area contributed by atoms with Crippen molar-refractivity contribution >= 4 is 11.9 Å². The molecule has 4 aliphatic carbocycles. The second-order valence-corrected chi connectivity index (χ2v) is 7.97. The van der Waals surface area contributed by atoms with Crippen LogP contribution in [-0.4, -0.2) is 17.7 Å². The molecule has 0 N–H and O–H groups in total. The monoisotopic (exact) mass is 278 g/mol. The Morgan fingerprint density at radius 3 is 1.65 bits per heavy atom. The topological polar surface area (TPSA) is 52.6 Å². The molecular formula is C16H22O4. The number of ether oxygens (including phenoxy) is 2. The van der Waals surface area contributed by atoms with E-state index >= 15 is 0 Å². The van der Waals surface area contributed by atoms with Gasteiger partial charge in [0.25, 0.3) is 5.79 Å². The third-order valence-corrected chi connectivity index (χ3v) is 6.26. The SMILES string of the molecule is CC12CC3CC(C1)CC(C)(C3)C21OC(=O)CCC(=O)O1. The Morgan fingerprint density at radius 1 is 0.850 bits per heavy atom. The predicted molar refractivity (Wildman–Crippen MR) is 70.4 cm³/mol. The van der Waals surface area contributed by atoms with Crippen LogP contribution in [0.4, 0.5) is 0 Å². The molecule has 0 aromatic heterocycles. The quantitative estimate of drug-likeness (QED) is 0.639. The number of carbonyl (C=O) groups is 2. The van der Waals surface area contributed by atoms with E-state index in [9.17, 15) is 9.59 Å². The van der Waals surface area contributed by atoms with Crippen molar-refractivity contribution in [1.82, 2.24) is 0 Å². The van der Waals surface area contributed by atoms with Crippen molar-refractivity contribution in [2.75, 3.05) is 0 Å². The molecule has 0 atom stereocenters. The van der Waals surface area contributed by atoms with Gasteiger partial charge in [-0.3, -0.25) is 9.59 Å². The van der Waals surface area contributed by atoms with Crippen LogP contribution in [0.5, 0.6) is 0 Å². The molecule has 0 aromatic carbocycles. The molecule has 1 spiro atoms. The highest BCUT2D eigenvalue weighted by atomic mass is 16.7. The van der Waals surface area contributed by atoms with Crippen LogP contribution in [0.3, 0.4) is 0 Å². The Labute approximate surface area is 119 Å². The van der Waals surface area contributed by atoms with Gasteiger partial charge in [0.05, 0.1) is 12.8 Å². The molecule has 5 fully saturated rings. The number of hydrogen-bond donors (Lipinski definition) is 0. The largest absolute Gasteiger partial charge is 0.421 e. The van der Waals surface area contributed by atoms with Crippen molar-refractivity contribution < 1.29 is 19.1 Å². The molecule has 0 unspecified atom stereocenters. The zero-order valence-corrected chi connectivity index (χ0v) is 12.2. The molecule has 4 heteroatoms. The molecule has 110 valence electrons. The molecule has 0 aromatic rings. The summed E-state index contributed by atoms with van der Waals surface area (Å²) in [5, 5.41) is 0. The minimum absolute atomic E-state index is 0.152. The first-order valence-electron chi connectivity index (χ1n) is 7.80. The summed E-state index contributed by atoms with van der Waals surface area (Å²) in [6, 6.07) is 0. The van der Waals surface area contributed by atoms with Crippen LogP contribution in [0, 0.1) is 22.7 Å². The number of hydrogen-bond acceptors (Lipinski definition) is 4. The Bertz CT molecular complexity index is 439. The molecule has 4 nitrogen and oxygen atoms in total. The van der Waals surface area contributed by atoms with E-state index in [4.69, 9.17) is 9.47 Å². The van der Waals surface area contributed by atoms with Gasteiger partial charge in [0.15, 0.2) is 0 Å². The first-order chi connectivity index (χ1) is 9.36. The van der Waals surface area contributed by atoms with Crippen molar-refractivity contribution in [2.24, 2.45) is 22.7 Å². The number of rotatable bonds is 0. The van der Waals surface area contributed by atoms with E-state index < -0.39 is 5.79 Å². The Balaban J connectivity index is 1.85. The second-order valence-electron chi connectivity index (χ2n) is 7.97. The Morgan fingerprint density at radius 2 is 1.25 bits per heavy atom. The fourth-order valence-corrected chi connectivity index (χ4v) is 6.07. The lowest BCUT2D eigenvalue weighted by atomic mass is 9.42. The summed E-state index contributed by atoms with van der Waals surface area (Å²) in [4.78, 5) is 24.1. The van der Waals surface area contributed by atoms with E-state index in [0.29, 0.717) is 11.8 Å². The summed E-state index contributed by atoms with van der Waals surface area (Å²) in [7, 11) is 0. The van der Waals surface area contributed by atoms with E-state index in [2.05, 4.69) is 13.8 Å². The molecule has 1 heterocycles. The van der Waals surface area contributed by atoms with Crippen molar-refractivity contribution in [1.29, 1.82) is 0 Å². The normalized spacial score (nSPS) is 48.9. The fraction of sp³-hybridized carbons (Fsp3) is 0.875. The summed E-state index contributed by atoms with van der Waals surface area (Å²) >= 11 is 0. The standard InChI is InChI=1S/C16H22O4/c1-14-6-10-5-11(7-14)9-15(2,8-10)16(14)19-12(17)3-4-13(18)20-16/h10-11H,3-9H2,1-2H3. The van der Waals surface area contributed by atoms with Crippen molar-refractivity contribution in [3.8, 4) is 0 Å². The molecule has 0 amide bonds. The summed E-state index contributed by atoms with van der Waals surface area (Å²) in [5.74, 6) is -0.165. The lowest BCUT2D eigenvalue weighted by molar-refractivity contribution is -0.367. The van der Waals surface area contributed by atoms with Gasteiger partial charge >= 0.3 is 11.9 Å². The minimum Gasteiger partial charge on any atom is -0.421 e. The van der Waals surface area contributed by atoms with Crippen LogP contribution < -0.4 is 0 Å². The molecule has 4 saturated carbocycles. The summed E-state index contributed by atoms with van der Waals surface area (Å²) in [6.45, 7) is 4.32. The Kier molecular flexibility index (Phi) is 2.26. The van der Waals surface area contributed by atoms with Gasteiger partial charge in [0.1, 0.15) is 0 Å². The molecule has 1 saturated heterocycles. The molecule has 5 aliphatic rings. The van der Waals surface area contributed by atoms with Crippen LogP contribution in [0.25, 0.3) is 0 Å². The predicted octanol–water partition coefficient (Wildman–Crippen LogP) is 2.80. The van der Waals surface area contributed by atoms with Gasteiger partial charge in [-0.05, 0) is 43.9 Å². The van der Waals surface area contributed by atoms with Crippen LogP contribution in [0.1, 0.15) is 58.8 Å². The highest BCUT2D eigenvalue weighted by molar-refractivity contribution is 5.80. The third kappa shape index (κ3) is 1.38. The van der Waals surface area contributed by atoms with Crippen molar-refractivity contribution in [3.63, 3.8) is 0 Å². The molecule has 5 rings (SSSR count). The van der Waals surface area contributed by atoms with Gasteiger partial charge in [-0.1, -0.05) is 13.8 Å². The maximum atomic E-state index is 12.1.